The summed E-state index contributed by atoms with van der Waals surface area (Å²) < 4.78 is 3.12. The molecule has 1 aliphatic rings. The Kier molecular flexibility index (Phi) is 6.31. The summed E-state index contributed by atoms with van der Waals surface area (Å²) in [7, 11) is 0. The van der Waals surface area contributed by atoms with E-state index >= 15 is 0 Å². The first-order valence-electron chi connectivity index (χ1n) is 11.9. The van der Waals surface area contributed by atoms with Crippen LogP contribution in [0, 0.1) is 0 Å². The van der Waals surface area contributed by atoms with Crippen LogP contribution in [0.15, 0.2) is 73.8 Å². The summed E-state index contributed by atoms with van der Waals surface area (Å²) in [6.45, 7) is 0. The van der Waals surface area contributed by atoms with Gasteiger partial charge in [-0.05, 0) is 0 Å². The molecule has 42 heavy (non-hydrogen) atoms. The molecule has 1 fully saturated rings. The minimum atomic E-state index is -4.74. The second-order valence-corrected chi connectivity index (χ2v) is 24.6. The number of nitrogens with one attached hydrogen (secondary N) is 4. The first kappa shape index (κ1) is 28.1. The van der Waals surface area contributed by atoms with Gasteiger partial charge in [-0.1, -0.05) is 0 Å². The molecule has 4 aromatic heterocycles. The van der Waals surface area contributed by atoms with Gasteiger partial charge >= 0.3 is 268 Å². The van der Waals surface area contributed by atoms with Crippen LogP contribution in [0.1, 0.15) is 0 Å². The van der Waals surface area contributed by atoms with Crippen molar-refractivity contribution in [2.45, 2.75) is 0 Å². The van der Waals surface area contributed by atoms with Gasteiger partial charge in [0.05, 0.1) is 0 Å². The van der Waals surface area contributed by atoms with Crippen LogP contribution >= 0.6 is 79.7 Å². The number of hydrogen-bond acceptors (Lipinski definition) is 10. The van der Waals surface area contributed by atoms with Crippen molar-refractivity contribution in [3.8, 4) is 0 Å². The normalized spacial score (nSPS) is 20.1. The Morgan fingerprint density at radius 3 is 1.31 bits per heavy atom. The van der Waals surface area contributed by atoms with Crippen LogP contribution in [0.5, 0.6) is 0 Å². The average molecular weight is 723 g/mol. The Morgan fingerprint density at radius 1 is 0.548 bits per heavy atom. The Bertz CT molecular complexity index is 1820. The van der Waals surface area contributed by atoms with E-state index in [0.717, 1.165) is 0 Å². The van der Waals surface area contributed by atoms with E-state index in [1.54, 1.807) is 57.4 Å². The molecule has 2 aromatic carbocycles. The van der Waals surface area contributed by atoms with E-state index in [2.05, 4.69) is 50.0 Å². The zero-order valence-electron chi connectivity index (χ0n) is 20.7. The molecule has 4 N–H and O–H groups in total. The van der Waals surface area contributed by atoms with E-state index in [0.29, 0.717) is 43.7 Å². The number of anilines is 4. The minimum absolute atomic E-state index is 0.266. The number of aromatic nitrogens is 8. The van der Waals surface area contributed by atoms with E-state index in [1.165, 1.54) is 25.3 Å². The molecule has 0 spiro atoms. The van der Waals surface area contributed by atoms with Crippen molar-refractivity contribution in [2.75, 3.05) is 19.1 Å². The maximum absolute atomic E-state index is 7.73. The van der Waals surface area contributed by atoms with Crippen molar-refractivity contribution in [3.05, 3.63) is 83.9 Å². The molecule has 7 rings (SSSR count). The fourth-order valence-electron chi connectivity index (χ4n) is 4.82. The van der Waals surface area contributed by atoms with Crippen LogP contribution in [0.4, 0.5) is 23.0 Å². The van der Waals surface area contributed by atoms with E-state index in [1.807, 2.05) is 0 Å². The van der Waals surface area contributed by atoms with Gasteiger partial charge in [0.1, 0.15) is 0 Å². The summed E-state index contributed by atoms with van der Waals surface area (Å²) in [5.41, 5.74) is 2.64. The van der Waals surface area contributed by atoms with Gasteiger partial charge in [-0.25, -0.2) is 0 Å². The van der Waals surface area contributed by atoms with Crippen LogP contribution in [0.2, 0.25) is 10.0 Å². The predicted molar refractivity (Wildman–Crippen MR) is 176 cm³/mol. The molecule has 0 saturated carbocycles. The number of halogens is 6. The van der Waals surface area contributed by atoms with Crippen LogP contribution in [0.3, 0.4) is 0 Å². The van der Waals surface area contributed by atoms with Gasteiger partial charge in [0.15, 0.2) is 0 Å². The number of hydrogen-bond donors (Lipinski definition) is 4. The van der Waals surface area contributed by atoms with Gasteiger partial charge in [-0.2, -0.15) is 0 Å². The summed E-state index contributed by atoms with van der Waals surface area (Å²) >= 11 is 43.4. The molecule has 1 saturated heterocycles. The van der Waals surface area contributed by atoms with Gasteiger partial charge in [0, 0.05) is 0 Å². The Balaban J connectivity index is 1.50. The van der Waals surface area contributed by atoms with Crippen molar-refractivity contribution in [1.82, 2.24) is 39.9 Å². The van der Waals surface area contributed by atoms with Crippen molar-refractivity contribution < 1.29 is 0 Å². The molecule has 20 heteroatoms. The van der Waals surface area contributed by atoms with Gasteiger partial charge < -0.3 is 0 Å². The Labute approximate surface area is 266 Å². The molecule has 0 bridgehead atoms. The zero-order valence-corrected chi connectivity index (χ0v) is 27.0. The SMILES string of the molecule is Clc1ccc(N2P(Cl)(Cl)(Nc3ncnc4nc[nH]c34)N(c3ccc(Cl)cc3)P2(Cl)(Cl)Nc2ncnc3nc[nH]c23)cc1. The standard InChI is InChI=1S/C22H16Cl6N12P2/c23-13-1-5-15(6-2-13)39-41(25,26,37-21-17-19(31-9-29-17)33-11-35-21)40(16-7-3-14(24)4-8-16)42(39,27,28)38-22-18-20(32-10-30-18)34-12-36-22/h1-12H,(H2,29,31,33,35,37)(H2,30,32,34,36,38). The third-order valence-electron chi connectivity index (χ3n) is 6.43. The van der Waals surface area contributed by atoms with Crippen molar-refractivity contribution >= 4 is 125 Å². The molecule has 5 heterocycles. The number of benzene rings is 2. The molecule has 6 aromatic rings. The number of rotatable bonds is 6. The van der Waals surface area contributed by atoms with Crippen LogP contribution in [-0.2, 0) is 0 Å². The van der Waals surface area contributed by atoms with E-state index < -0.39 is 11.5 Å². The summed E-state index contributed by atoms with van der Waals surface area (Å²) in [4.78, 5) is 31.7. The fourth-order valence-corrected chi connectivity index (χ4v) is 29.1. The van der Waals surface area contributed by atoms with Gasteiger partial charge in [-0.3, -0.25) is 0 Å². The molecule has 0 radical (unpaired) electrons. The zero-order chi connectivity index (χ0) is 29.4. The van der Waals surface area contributed by atoms with Crippen LogP contribution in [-0.4, -0.2) is 39.9 Å². The number of aromatic amines is 2. The first-order valence-corrected chi connectivity index (χ1v) is 20.5. The third-order valence-corrected chi connectivity index (χ3v) is 23.0. The van der Waals surface area contributed by atoms with E-state index in [4.69, 9.17) is 68.2 Å². The summed E-state index contributed by atoms with van der Waals surface area (Å²) in [5, 5.41) is 7.52. The maximum atomic E-state index is 7.73. The average Bonchev–Trinajstić information content (AvgIpc) is 3.62. The third kappa shape index (κ3) is 4.12. The van der Waals surface area contributed by atoms with Gasteiger partial charge in [-0.15, -0.1) is 0 Å². The van der Waals surface area contributed by atoms with E-state index in [9.17, 15) is 0 Å². The van der Waals surface area contributed by atoms with Gasteiger partial charge in [0.2, 0.25) is 0 Å². The molecule has 0 atom stereocenters. The first-order chi connectivity index (χ1) is 20.0. The molecule has 0 aliphatic carbocycles. The molecule has 12 nitrogen and oxygen atoms in total. The number of imidazole rings is 2. The topological polar surface area (TPSA) is 139 Å². The predicted octanol–water partition coefficient (Wildman–Crippen LogP) is 9.09. The molecule has 0 amide bonds. The van der Waals surface area contributed by atoms with Crippen molar-refractivity contribution in [3.63, 3.8) is 0 Å². The second-order valence-electron chi connectivity index (χ2n) is 9.05. The van der Waals surface area contributed by atoms with Crippen LogP contribution in [0.25, 0.3) is 22.3 Å². The summed E-state index contributed by atoms with van der Waals surface area (Å²) in [6.07, 6.45) is 5.65. The molecule has 216 valence electrons. The number of H-pyrrole nitrogens is 2. The van der Waals surface area contributed by atoms with Gasteiger partial charge in [0.25, 0.3) is 0 Å². The second kappa shape index (κ2) is 9.42. The quantitative estimate of drug-likeness (QED) is 0.123. The molecular formula is C22H16Cl6N12P2. The summed E-state index contributed by atoms with van der Waals surface area (Å²) in [6, 6.07) is 13.5. The molecule has 1 aliphatic heterocycles. The Hall–Kier alpha value is -2.66. The van der Waals surface area contributed by atoms with Crippen molar-refractivity contribution in [2.24, 2.45) is 0 Å². The number of fused-ring (bicyclic) bond motifs is 2. The van der Waals surface area contributed by atoms with E-state index in [-0.39, 0.29) is 11.6 Å². The van der Waals surface area contributed by atoms with Crippen LogP contribution < -0.4 is 19.1 Å². The monoisotopic (exact) mass is 720 g/mol. The Morgan fingerprint density at radius 2 is 0.929 bits per heavy atom. The fraction of sp³-hybridized carbons (Fsp3) is 0. The molecule has 0 unspecified atom stereocenters. The molecular weight excluding hydrogens is 707 g/mol. The van der Waals surface area contributed by atoms with Crippen molar-refractivity contribution in [1.29, 1.82) is 0 Å². The number of nitrogens with zero attached hydrogens (tertiary/aromatic N) is 8. The summed E-state index contributed by atoms with van der Waals surface area (Å²) in [5.74, 6) is -8.95.